The zero-order valence-electron chi connectivity index (χ0n) is 16.6. The average Bonchev–Trinajstić information content (AvgIpc) is 3.17. The second-order valence-corrected chi connectivity index (χ2v) is 8.45. The third-order valence-corrected chi connectivity index (χ3v) is 5.26. The van der Waals surface area contributed by atoms with E-state index in [0.717, 1.165) is 0 Å². The number of carboxylic acid groups (broad SMARTS) is 1. The Bertz CT molecular complexity index is 673. The van der Waals surface area contributed by atoms with Crippen molar-refractivity contribution in [2.75, 3.05) is 7.11 Å². The second-order valence-electron chi connectivity index (χ2n) is 8.45. The van der Waals surface area contributed by atoms with Gasteiger partial charge in [0.05, 0.1) is 13.2 Å². The van der Waals surface area contributed by atoms with Crippen molar-refractivity contribution >= 4 is 23.9 Å². The number of carbonyl (C=O) groups excluding carboxylic acids is 3. The standard InChI is InChI=1S/C18H28N2O8/c1-8(19-16(26)28-17(2,3)4)14(23)20-18(15(24)25)7-10(21)12-9(13(12)18)6-11(22)27-5/h8-10,12-13,21H,6-7H2,1-5H3,(H,19,26)(H,20,23)(H,24,25)/t8-,9-,10-,12+,13+,18-/m0/s1. The van der Waals surface area contributed by atoms with Gasteiger partial charge in [0.15, 0.2) is 0 Å². The predicted molar refractivity (Wildman–Crippen MR) is 95.1 cm³/mol. The highest BCUT2D eigenvalue weighted by Gasteiger charge is 2.73. The van der Waals surface area contributed by atoms with Gasteiger partial charge in [-0.2, -0.15) is 0 Å². The molecule has 0 spiro atoms. The molecule has 0 saturated heterocycles. The van der Waals surface area contributed by atoms with Crippen LogP contribution in [-0.2, 0) is 23.9 Å². The Morgan fingerprint density at radius 2 is 1.86 bits per heavy atom. The van der Waals surface area contributed by atoms with Crippen LogP contribution in [0, 0.1) is 17.8 Å². The van der Waals surface area contributed by atoms with Gasteiger partial charge in [-0.25, -0.2) is 9.59 Å². The number of hydrogen-bond donors (Lipinski definition) is 4. The van der Waals surface area contributed by atoms with Gasteiger partial charge in [0, 0.05) is 18.8 Å². The van der Waals surface area contributed by atoms with Crippen molar-refractivity contribution < 1.29 is 38.9 Å². The quantitative estimate of drug-likeness (QED) is 0.456. The number of fused-ring (bicyclic) bond motifs is 1. The molecule has 28 heavy (non-hydrogen) atoms. The van der Waals surface area contributed by atoms with Crippen LogP contribution in [-0.4, -0.2) is 64.5 Å². The summed E-state index contributed by atoms with van der Waals surface area (Å²) in [5.41, 5.74) is -2.45. The number of esters is 1. The topological polar surface area (TPSA) is 151 Å². The number of alkyl carbamates (subject to hydrolysis) is 1. The second kappa shape index (κ2) is 7.57. The van der Waals surface area contributed by atoms with E-state index in [2.05, 4.69) is 15.4 Å². The number of aliphatic hydroxyl groups is 1. The van der Waals surface area contributed by atoms with Crippen LogP contribution in [0.15, 0.2) is 0 Å². The van der Waals surface area contributed by atoms with Gasteiger partial charge in [0.2, 0.25) is 5.91 Å². The van der Waals surface area contributed by atoms with Crippen LogP contribution in [0.5, 0.6) is 0 Å². The third kappa shape index (κ3) is 4.37. The van der Waals surface area contributed by atoms with Crippen molar-refractivity contribution in [2.45, 2.75) is 63.8 Å². The van der Waals surface area contributed by atoms with Crippen molar-refractivity contribution in [1.82, 2.24) is 10.6 Å². The molecular formula is C18H28N2O8. The fourth-order valence-electron chi connectivity index (χ4n) is 4.06. The van der Waals surface area contributed by atoms with Gasteiger partial charge in [0.1, 0.15) is 17.2 Å². The molecule has 0 radical (unpaired) electrons. The summed E-state index contributed by atoms with van der Waals surface area (Å²) in [6, 6.07) is -1.06. The number of carboxylic acids is 1. The molecule has 2 saturated carbocycles. The molecule has 2 fully saturated rings. The number of nitrogens with one attached hydrogen (secondary N) is 2. The average molecular weight is 400 g/mol. The molecule has 0 aromatic rings. The van der Waals surface area contributed by atoms with Gasteiger partial charge < -0.3 is 30.3 Å². The number of aliphatic carboxylic acids is 1. The molecule has 10 nitrogen and oxygen atoms in total. The van der Waals surface area contributed by atoms with Crippen LogP contribution < -0.4 is 10.6 Å². The molecule has 6 atom stereocenters. The van der Waals surface area contributed by atoms with Gasteiger partial charge >= 0.3 is 18.0 Å². The summed E-state index contributed by atoms with van der Waals surface area (Å²) in [4.78, 5) is 47.9. The summed E-state index contributed by atoms with van der Waals surface area (Å²) < 4.78 is 9.70. The maximum Gasteiger partial charge on any atom is 0.408 e. The zero-order valence-corrected chi connectivity index (χ0v) is 16.6. The molecule has 10 heteroatoms. The molecule has 158 valence electrons. The lowest BCUT2D eigenvalue weighted by atomic mass is 9.88. The maximum atomic E-state index is 12.5. The number of aliphatic hydroxyl groups excluding tert-OH is 1. The minimum Gasteiger partial charge on any atom is -0.479 e. The number of methoxy groups -OCH3 is 1. The highest BCUT2D eigenvalue weighted by molar-refractivity contribution is 5.92. The van der Waals surface area contributed by atoms with Crippen LogP contribution >= 0.6 is 0 Å². The lowest BCUT2D eigenvalue weighted by molar-refractivity contribution is -0.150. The van der Waals surface area contributed by atoms with Gasteiger partial charge in [-0.1, -0.05) is 0 Å². The Hall–Kier alpha value is -2.36. The van der Waals surface area contributed by atoms with E-state index in [1.54, 1.807) is 20.8 Å². The molecule has 0 bridgehead atoms. The van der Waals surface area contributed by atoms with E-state index < -0.39 is 59.1 Å². The van der Waals surface area contributed by atoms with E-state index in [1.165, 1.54) is 14.0 Å². The van der Waals surface area contributed by atoms with Crippen LogP contribution in [0.4, 0.5) is 4.79 Å². The third-order valence-electron chi connectivity index (χ3n) is 5.26. The van der Waals surface area contributed by atoms with E-state index in [9.17, 15) is 29.4 Å². The molecule has 0 aromatic carbocycles. The number of ether oxygens (including phenoxy) is 2. The fourth-order valence-corrected chi connectivity index (χ4v) is 4.06. The number of hydrogen-bond acceptors (Lipinski definition) is 7. The van der Waals surface area contributed by atoms with Gasteiger partial charge in [-0.3, -0.25) is 9.59 Å². The molecule has 4 N–H and O–H groups in total. The van der Waals surface area contributed by atoms with Gasteiger partial charge in [-0.15, -0.1) is 0 Å². The van der Waals surface area contributed by atoms with E-state index in [0.29, 0.717) is 0 Å². The Labute approximate surface area is 162 Å². The monoisotopic (exact) mass is 400 g/mol. The molecule has 2 rings (SSSR count). The fraction of sp³-hybridized carbons (Fsp3) is 0.778. The first-order valence-electron chi connectivity index (χ1n) is 9.12. The summed E-state index contributed by atoms with van der Waals surface area (Å²) in [5, 5.41) is 24.9. The Morgan fingerprint density at radius 1 is 1.25 bits per heavy atom. The first-order valence-corrected chi connectivity index (χ1v) is 9.12. The molecule has 0 aliphatic heterocycles. The van der Waals surface area contributed by atoms with E-state index >= 15 is 0 Å². The molecule has 2 amide bonds. The zero-order chi connectivity index (χ0) is 21.4. The molecular weight excluding hydrogens is 372 g/mol. The molecule has 0 unspecified atom stereocenters. The van der Waals surface area contributed by atoms with Crippen LogP contribution in [0.3, 0.4) is 0 Å². The van der Waals surface area contributed by atoms with Crippen LogP contribution in [0.2, 0.25) is 0 Å². The number of amides is 2. The summed E-state index contributed by atoms with van der Waals surface area (Å²) in [6.07, 6.45) is -1.95. The summed E-state index contributed by atoms with van der Waals surface area (Å²) in [5.74, 6) is -3.88. The van der Waals surface area contributed by atoms with E-state index in [1.807, 2.05) is 0 Å². The lowest BCUT2D eigenvalue weighted by Crippen LogP contribution is -2.60. The number of rotatable bonds is 6. The van der Waals surface area contributed by atoms with E-state index in [4.69, 9.17) is 4.74 Å². The van der Waals surface area contributed by atoms with Crippen molar-refractivity contribution in [3.8, 4) is 0 Å². The van der Waals surface area contributed by atoms with Gasteiger partial charge in [-0.05, 0) is 39.5 Å². The minimum atomic E-state index is -1.70. The van der Waals surface area contributed by atoms with Gasteiger partial charge in [0.25, 0.3) is 0 Å². The smallest absolute Gasteiger partial charge is 0.408 e. The highest BCUT2D eigenvalue weighted by Crippen LogP contribution is 2.63. The first kappa shape index (κ1) is 21.9. The van der Waals surface area contributed by atoms with Crippen LogP contribution in [0.1, 0.15) is 40.5 Å². The predicted octanol–water partition coefficient (Wildman–Crippen LogP) is 0.0291. The highest BCUT2D eigenvalue weighted by atomic mass is 16.6. The SMILES string of the molecule is COC(=O)C[C@H]1[C@H]2[C@@H]1[C@](NC(=O)[C@H](C)NC(=O)OC(C)(C)C)(C(=O)O)C[C@@H]2O. The first-order chi connectivity index (χ1) is 12.8. The van der Waals surface area contributed by atoms with Crippen molar-refractivity contribution in [3.05, 3.63) is 0 Å². The Balaban J connectivity index is 2.08. The van der Waals surface area contributed by atoms with Crippen LogP contribution in [0.25, 0.3) is 0 Å². The lowest BCUT2D eigenvalue weighted by Gasteiger charge is -2.31. The minimum absolute atomic E-state index is 0.0283. The van der Waals surface area contributed by atoms with Crippen molar-refractivity contribution in [1.29, 1.82) is 0 Å². The Kier molecular flexibility index (Phi) is 5.93. The molecule has 0 heterocycles. The normalized spacial score (nSPS) is 31.9. The number of carbonyl (C=O) groups is 4. The molecule has 2 aliphatic rings. The van der Waals surface area contributed by atoms with E-state index in [-0.39, 0.29) is 18.8 Å². The maximum absolute atomic E-state index is 12.5. The molecule has 0 aromatic heterocycles. The molecule has 2 aliphatic carbocycles. The summed E-state index contributed by atoms with van der Waals surface area (Å²) >= 11 is 0. The Morgan fingerprint density at radius 3 is 2.36 bits per heavy atom. The van der Waals surface area contributed by atoms with Crippen molar-refractivity contribution in [3.63, 3.8) is 0 Å². The summed E-state index contributed by atoms with van der Waals surface area (Å²) in [7, 11) is 1.23. The largest absolute Gasteiger partial charge is 0.479 e. The van der Waals surface area contributed by atoms with Crippen molar-refractivity contribution in [2.24, 2.45) is 17.8 Å². The summed E-state index contributed by atoms with van der Waals surface area (Å²) in [6.45, 7) is 6.42.